The summed E-state index contributed by atoms with van der Waals surface area (Å²) < 4.78 is 0. The number of carbonyl (C=O) groups is 1. The van der Waals surface area contributed by atoms with Crippen molar-refractivity contribution >= 4 is 5.91 Å². The van der Waals surface area contributed by atoms with E-state index in [0.717, 1.165) is 38.3 Å². The van der Waals surface area contributed by atoms with E-state index in [-0.39, 0.29) is 11.3 Å². The molecule has 3 heteroatoms. The van der Waals surface area contributed by atoms with Gasteiger partial charge in [0.25, 0.3) is 0 Å². The Labute approximate surface area is 151 Å². The number of fused-ring (bicyclic) bond motifs is 2. The summed E-state index contributed by atoms with van der Waals surface area (Å²) in [4.78, 5) is 15.3. The fraction of sp³-hybridized carbons (Fsp3) is 0.682. The standard InChI is InChI=1S/C22H30N2O/c25-21(24-12-9-18(10-13-24)23-15-16-7-8-16)20-14-22(20)11-3-5-17-4-1-2-6-19(17)22/h1-2,4,6,16,18,20,23H,3,5,7-15H2. The number of hydrogen-bond acceptors (Lipinski definition) is 2. The lowest BCUT2D eigenvalue weighted by molar-refractivity contribution is -0.134. The molecular formula is C22H30N2O. The number of benzene rings is 1. The third-order valence-electron chi connectivity index (χ3n) is 7.19. The molecule has 1 spiro atoms. The van der Waals surface area contributed by atoms with Gasteiger partial charge in [0.2, 0.25) is 5.91 Å². The largest absolute Gasteiger partial charge is 0.342 e. The molecule has 3 fully saturated rings. The van der Waals surface area contributed by atoms with Crippen LogP contribution in [0.15, 0.2) is 24.3 Å². The van der Waals surface area contributed by atoms with Gasteiger partial charge in [0.15, 0.2) is 0 Å². The summed E-state index contributed by atoms with van der Waals surface area (Å²) in [5, 5.41) is 3.72. The van der Waals surface area contributed by atoms with Gasteiger partial charge in [0.05, 0.1) is 0 Å². The van der Waals surface area contributed by atoms with E-state index in [0.29, 0.717) is 11.9 Å². The Hall–Kier alpha value is -1.35. The van der Waals surface area contributed by atoms with Gasteiger partial charge < -0.3 is 10.2 Å². The van der Waals surface area contributed by atoms with Gasteiger partial charge in [-0.3, -0.25) is 4.79 Å². The van der Waals surface area contributed by atoms with E-state index in [2.05, 4.69) is 34.5 Å². The molecule has 3 nitrogen and oxygen atoms in total. The van der Waals surface area contributed by atoms with Crippen LogP contribution in [0.3, 0.4) is 0 Å². The molecule has 1 aliphatic heterocycles. The Balaban J connectivity index is 1.21. The molecule has 3 aliphatic carbocycles. The van der Waals surface area contributed by atoms with E-state index >= 15 is 0 Å². The van der Waals surface area contributed by atoms with Crippen molar-refractivity contribution in [1.82, 2.24) is 10.2 Å². The molecule has 0 radical (unpaired) electrons. The van der Waals surface area contributed by atoms with Gasteiger partial charge in [-0.15, -0.1) is 0 Å². The van der Waals surface area contributed by atoms with Crippen molar-refractivity contribution in [3.8, 4) is 0 Å². The van der Waals surface area contributed by atoms with E-state index in [9.17, 15) is 4.79 Å². The Morgan fingerprint density at radius 2 is 1.96 bits per heavy atom. The summed E-state index contributed by atoms with van der Waals surface area (Å²) in [6.45, 7) is 3.10. The summed E-state index contributed by atoms with van der Waals surface area (Å²) in [6.07, 6.45) is 9.82. The fourth-order valence-corrected chi connectivity index (χ4v) is 5.34. The first-order valence-electron chi connectivity index (χ1n) is 10.4. The lowest BCUT2D eigenvalue weighted by Gasteiger charge is -2.34. The number of aryl methyl sites for hydroxylation is 1. The van der Waals surface area contributed by atoms with Gasteiger partial charge in [-0.05, 0) is 75.0 Å². The first-order chi connectivity index (χ1) is 12.3. The fourth-order valence-electron chi connectivity index (χ4n) is 5.34. The molecule has 2 atom stereocenters. The maximum Gasteiger partial charge on any atom is 0.226 e. The first kappa shape index (κ1) is 15.9. The van der Waals surface area contributed by atoms with Crippen molar-refractivity contribution in [1.29, 1.82) is 0 Å². The maximum atomic E-state index is 13.1. The number of rotatable bonds is 4. The topological polar surface area (TPSA) is 32.3 Å². The molecule has 4 aliphatic rings. The zero-order chi connectivity index (χ0) is 16.9. The van der Waals surface area contributed by atoms with Crippen LogP contribution >= 0.6 is 0 Å². The molecule has 1 amide bonds. The van der Waals surface area contributed by atoms with Crippen LogP contribution in [0.2, 0.25) is 0 Å². The van der Waals surface area contributed by atoms with Gasteiger partial charge in [-0.25, -0.2) is 0 Å². The first-order valence-corrected chi connectivity index (χ1v) is 10.4. The second-order valence-electron chi connectivity index (χ2n) is 8.87. The molecule has 1 aromatic carbocycles. The van der Waals surface area contributed by atoms with Crippen molar-refractivity contribution < 1.29 is 4.79 Å². The van der Waals surface area contributed by atoms with Crippen molar-refractivity contribution in [2.24, 2.45) is 11.8 Å². The minimum atomic E-state index is 0.187. The van der Waals surface area contributed by atoms with E-state index in [1.165, 1.54) is 49.8 Å². The number of amides is 1. The molecule has 1 heterocycles. The number of hydrogen-bond donors (Lipinski definition) is 1. The van der Waals surface area contributed by atoms with E-state index in [1.807, 2.05) is 0 Å². The van der Waals surface area contributed by atoms with Crippen LogP contribution in [0.1, 0.15) is 56.1 Å². The van der Waals surface area contributed by atoms with Crippen molar-refractivity contribution in [3.63, 3.8) is 0 Å². The zero-order valence-corrected chi connectivity index (χ0v) is 15.2. The van der Waals surface area contributed by atoms with E-state index < -0.39 is 0 Å². The number of carbonyl (C=O) groups excluding carboxylic acids is 1. The van der Waals surface area contributed by atoms with Gasteiger partial charge >= 0.3 is 0 Å². The average molecular weight is 338 g/mol. The van der Waals surface area contributed by atoms with Crippen LogP contribution < -0.4 is 5.32 Å². The number of likely N-dealkylation sites (tertiary alicyclic amines) is 1. The smallest absolute Gasteiger partial charge is 0.226 e. The summed E-state index contributed by atoms with van der Waals surface area (Å²) in [5.74, 6) is 1.64. The van der Waals surface area contributed by atoms with Crippen molar-refractivity contribution in [2.75, 3.05) is 19.6 Å². The van der Waals surface area contributed by atoms with Crippen LogP contribution in [-0.2, 0) is 16.6 Å². The third kappa shape index (κ3) is 2.91. The lowest BCUT2D eigenvalue weighted by atomic mass is 9.78. The summed E-state index contributed by atoms with van der Waals surface area (Å²) in [5.41, 5.74) is 3.17. The zero-order valence-electron chi connectivity index (χ0n) is 15.2. The third-order valence-corrected chi connectivity index (χ3v) is 7.19. The Kier molecular flexibility index (Phi) is 3.89. The predicted octanol–water partition coefficient (Wildman–Crippen LogP) is 3.27. The van der Waals surface area contributed by atoms with Gasteiger partial charge in [0, 0.05) is 30.5 Å². The van der Waals surface area contributed by atoms with Gasteiger partial charge in [-0.1, -0.05) is 24.3 Å². The molecule has 25 heavy (non-hydrogen) atoms. The normalized spacial score (nSPS) is 31.8. The second kappa shape index (κ2) is 6.12. The number of piperidine rings is 1. The molecule has 1 saturated heterocycles. The number of nitrogens with zero attached hydrogens (tertiary/aromatic N) is 1. The van der Waals surface area contributed by atoms with Crippen LogP contribution in [0.5, 0.6) is 0 Å². The predicted molar refractivity (Wildman–Crippen MR) is 99.5 cm³/mol. The van der Waals surface area contributed by atoms with Crippen LogP contribution in [0.4, 0.5) is 0 Å². The molecule has 2 saturated carbocycles. The molecule has 0 aromatic heterocycles. The molecule has 2 unspecified atom stereocenters. The molecule has 134 valence electrons. The Morgan fingerprint density at radius 3 is 2.76 bits per heavy atom. The van der Waals surface area contributed by atoms with Crippen LogP contribution in [0.25, 0.3) is 0 Å². The minimum Gasteiger partial charge on any atom is -0.342 e. The molecule has 1 N–H and O–H groups in total. The van der Waals surface area contributed by atoms with Crippen molar-refractivity contribution in [2.45, 2.75) is 62.8 Å². The summed E-state index contributed by atoms with van der Waals surface area (Å²) >= 11 is 0. The molecule has 1 aromatic rings. The van der Waals surface area contributed by atoms with Crippen LogP contribution in [-0.4, -0.2) is 36.5 Å². The number of nitrogens with one attached hydrogen (secondary N) is 1. The van der Waals surface area contributed by atoms with Gasteiger partial charge in [-0.2, -0.15) is 0 Å². The highest BCUT2D eigenvalue weighted by Gasteiger charge is 2.60. The highest BCUT2D eigenvalue weighted by Crippen LogP contribution is 2.60. The maximum absolute atomic E-state index is 13.1. The molecular weight excluding hydrogens is 308 g/mol. The SMILES string of the molecule is O=C(C1CC12CCCc1ccccc12)N1CCC(NCC2CC2)CC1. The summed E-state index contributed by atoms with van der Waals surface area (Å²) in [7, 11) is 0. The average Bonchev–Trinajstić information content (AvgIpc) is 3.57. The quantitative estimate of drug-likeness (QED) is 0.914. The Morgan fingerprint density at radius 1 is 1.16 bits per heavy atom. The highest BCUT2D eigenvalue weighted by molar-refractivity contribution is 5.85. The van der Waals surface area contributed by atoms with Gasteiger partial charge in [0.1, 0.15) is 0 Å². The van der Waals surface area contributed by atoms with E-state index in [1.54, 1.807) is 0 Å². The second-order valence-corrected chi connectivity index (χ2v) is 8.87. The van der Waals surface area contributed by atoms with Crippen molar-refractivity contribution in [3.05, 3.63) is 35.4 Å². The monoisotopic (exact) mass is 338 g/mol. The lowest BCUT2D eigenvalue weighted by Crippen LogP contribution is -2.46. The molecule has 5 rings (SSSR count). The highest BCUT2D eigenvalue weighted by atomic mass is 16.2. The summed E-state index contributed by atoms with van der Waals surface area (Å²) in [6, 6.07) is 9.50. The molecule has 0 bridgehead atoms. The minimum absolute atomic E-state index is 0.187. The van der Waals surface area contributed by atoms with Crippen LogP contribution in [0, 0.1) is 11.8 Å². The Bertz CT molecular complexity index is 660. The van der Waals surface area contributed by atoms with E-state index in [4.69, 9.17) is 0 Å².